The summed E-state index contributed by atoms with van der Waals surface area (Å²) >= 11 is 0. The van der Waals surface area contributed by atoms with Crippen molar-refractivity contribution in [3.8, 4) is 5.75 Å². The first-order chi connectivity index (χ1) is 8.95. The first-order valence-electron chi connectivity index (χ1n) is 5.98. The monoisotopic (exact) mass is 287 g/mol. The lowest BCUT2D eigenvalue weighted by Crippen LogP contribution is -2.51. The zero-order valence-corrected chi connectivity index (χ0v) is 11.4. The van der Waals surface area contributed by atoms with Crippen molar-refractivity contribution in [2.24, 2.45) is 0 Å². The molecule has 106 valence electrons. The number of sulfonamides is 1. The van der Waals surface area contributed by atoms with Gasteiger partial charge in [0.2, 0.25) is 10.0 Å². The minimum atomic E-state index is -3.64. The van der Waals surface area contributed by atoms with Crippen molar-refractivity contribution >= 4 is 10.0 Å². The average molecular weight is 287 g/mol. The van der Waals surface area contributed by atoms with Crippen molar-refractivity contribution in [1.29, 1.82) is 0 Å². The highest BCUT2D eigenvalue weighted by atomic mass is 32.2. The zero-order valence-electron chi connectivity index (χ0n) is 10.6. The second-order valence-electron chi connectivity index (χ2n) is 4.56. The van der Waals surface area contributed by atoms with E-state index in [9.17, 15) is 13.5 Å². The van der Waals surface area contributed by atoms with Gasteiger partial charge in [-0.25, -0.2) is 8.42 Å². The molecule has 2 atom stereocenters. The van der Waals surface area contributed by atoms with Crippen molar-refractivity contribution in [1.82, 2.24) is 4.31 Å². The molecule has 0 aromatic heterocycles. The molecular formula is C12H17NO5S. The Morgan fingerprint density at radius 1 is 1.37 bits per heavy atom. The van der Waals surface area contributed by atoms with Crippen LogP contribution in [0, 0.1) is 0 Å². The number of aliphatic hydroxyl groups excluding tert-OH is 1. The highest BCUT2D eigenvalue weighted by Crippen LogP contribution is 2.23. The minimum Gasteiger partial charge on any atom is -0.508 e. The molecule has 0 radical (unpaired) electrons. The lowest BCUT2D eigenvalue weighted by Gasteiger charge is -2.36. The SMILES string of the molecule is CC1COC(CO)CN1S(=O)(=O)c1ccc(O)cc1. The molecule has 1 aromatic rings. The summed E-state index contributed by atoms with van der Waals surface area (Å²) in [4.78, 5) is 0.121. The predicted octanol–water partition coefficient (Wildman–Crippen LogP) is 0.162. The molecule has 2 unspecified atom stereocenters. The molecule has 2 N–H and O–H groups in total. The molecule has 19 heavy (non-hydrogen) atoms. The van der Waals surface area contributed by atoms with Gasteiger partial charge < -0.3 is 14.9 Å². The highest BCUT2D eigenvalue weighted by Gasteiger charge is 2.35. The summed E-state index contributed by atoms with van der Waals surface area (Å²) in [6.45, 7) is 1.92. The van der Waals surface area contributed by atoms with Crippen LogP contribution in [0.3, 0.4) is 0 Å². The number of hydrogen-bond acceptors (Lipinski definition) is 5. The van der Waals surface area contributed by atoms with Crippen LogP contribution in [0.4, 0.5) is 0 Å². The molecule has 0 bridgehead atoms. The van der Waals surface area contributed by atoms with Crippen molar-refractivity contribution in [3.63, 3.8) is 0 Å². The van der Waals surface area contributed by atoms with Crippen LogP contribution >= 0.6 is 0 Å². The average Bonchev–Trinajstić information content (AvgIpc) is 2.39. The Hall–Kier alpha value is -1.15. The quantitative estimate of drug-likeness (QED) is 0.827. The van der Waals surface area contributed by atoms with E-state index in [1.807, 2.05) is 0 Å². The first-order valence-corrected chi connectivity index (χ1v) is 7.42. The fourth-order valence-corrected chi connectivity index (χ4v) is 3.64. The molecule has 0 spiro atoms. The smallest absolute Gasteiger partial charge is 0.243 e. The van der Waals surface area contributed by atoms with E-state index in [1.165, 1.54) is 28.6 Å². The number of benzene rings is 1. The lowest BCUT2D eigenvalue weighted by atomic mass is 10.2. The van der Waals surface area contributed by atoms with Gasteiger partial charge in [-0.2, -0.15) is 4.31 Å². The fraction of sp³-hybridized carbons (Fsp3) is 0.500. The summed E-state index contributed by atoms with van der Waals surface area (Å²) in [7, 11) is -3.64. The standard InChI is InChI=1S/C12H17NO5S/c1-9-8-18-11(7-14)6-13(9)19(16,17)12-4-2-10(15)3-5-12/h2-5,9,11,14-15H,6-8H2,1H3. The topological polar surface area (TPSA) is 87.1 Å². The third-order valence-corrected chi connectivity index (χ3v) is 5.09. The number of rotatable bonds is 3. The van der Waals surface area contributed by atoms with Crippen LogP contribution < -0.4 is 0 Å². The summed E-state index contributed by atoms with van der Waals surface area (Å²) in [5.74, 6) is 0.0159. The van der Waals surface area contributed by atoms with Gasteiger partial charge in [0, 0.05) is 12.6 Å². The van der Waals surface area contributed by atoms with Gasteiger partial charge in [-0.3, -0.25) is 0 Å². The Morgan fingerprint density at radius 2 is 2.00 bits per heavy atom. The maximum atomic E-state index is 12.5. The molecule has 0 amide bonds. The van der Waals surface area contributed by atoms with Gasteiger partial charge in [-0.1, -0.05) is 0 Å². The van der Waals surface area contributed by atoms with Gasteiger partial charge in [0.25, 0.3) is 0 Å². The van der Waals surface area contributed by atoms with E-state index in [-0.39, 0.29) is 36.4 Å². The van der Waals surface area contributed by atoms with Crippen LogP contribution in [0.15, 0.2) is 29.2 Å². The van der Waals surface area contributed by atoms with Crippen molar-refractivity contribution < 1.29 is 23.4 Å². The Bertz CT molecular complexity index is 528. The number of nitrogens with zero attached hydrogens (tertiary/aromatic N) is 1. The number of aliphatic hydroxyl groups is 1. The van der Waals surface area contributed by atoms with Gasteiger partial charge in [-0.05, 0) is 31.2 Å². The molecular weight excluding hydrogens is 270 g/mol. The molecule has 1 aliphatic rings. The fourth-order valence-electron chi connectivity index (χ4n) is 1.99. The number of morpholine rings is 1. The summed E-state index contributed by atoms with van der Waals surface area (Å²) in [5, 5.41) is 18.3. The van der Waals surface area contributed by atoms with Crippen LogP contribution in [-0.2, 0) is 14.8 Å². The lowest BCUT2D eigenvalue weighted by molar-refractivity contribution is -0.0516. The van der Waals surface area contributed by atoms with Gasteiger partial charge >= 0.3 is 0 Å². The van der Waals surface area contributed by atoms with Gasteiger partial charge in [-0.15, -0.1) is 0 Å². The van der Waals surface area contributed by atoms with E-state index >= 15 is 0 Å². The summed E-state index contributed by atoms with van der Waals surface area (Å²) < 4.78 is 31.6. The summed E-state index contributed by atoms with van der Waals surface area (Å²) in [5.41, 5.74) is 0. The second kappa shape index (κ2) is 5.46. The largest absolute Gasteiger partial charge is 0.508 e. The number of hydrogen-bond donors (Lipinski definition) is 2. The molecule has 7 heteroatoms. The number of ether oxygens (including phenoxy) is 1. The zero-order chi connectivity index (χ0) is 14.0. The molecule has 1 aliphatic heterocycles. The molecule has 6 nitrogen and oxygen atoms in total. The van der Waals surface area contributed by atoms with E-state index in [0.29, 0.717) is 0 Å². The summed E-state index contributed by atoms with van der Waals surface area (Å²) in [6, 6.07) is 5.10. The van der Waals surface area contributed by atoms with Gasteiger partial charge in [0.15, 0.2) is 0 Å². The Balaban J connectivity index is 2.29. The van der Waals surface area contributed by atoms with E-state index < -0.39 is 16.1 Å². The van der Waals surface area contributed by atoms with E-state index in [0.717, 1.165) is 0 Å². The molecule has 0 saturated carbocycles. The van der Waals surface area contributed by atoms with Crippen LogP contribution in [0.1, 0.15) is 6.92 Å². The number of phenolic OH excluding ortho intramolecular Hbond substituents is 1. The Kier molecular flexibility index (Phi) is 4.10. The number of phenols is 1. The molecule has 2 rings (SSSR count). The highest BCUT2D eigenvalue weighted by molar-refractivity contribution is 7.89. The van der Waals surface area contributed by atoms with Crippen molar-refractivity contribution in [3.05, 3.63) is 24.3 Å². The predicted molar refractivity (Wildman–Crippen MR) is 68.3 cm³/mol. The second-order valence-corrected chi connectivity index (χ2v) is 6.45. The Labute approximate surface area is 112 Å². The maximum absolute atomic E-state index is 12.5. The van der Waals surface area contributed by atoms with Gasteiger partial charge in [0.05, 0.1) is 24.2 Å². The third kappa shape index (κ3) is 2.89. The maximum Gasteiger partial charge on any atom is 0.243 e. The van der Waals surface area contributed by atoms with Crippen LogP contribution in [0.25, 0.3) is 0 Å². The molecule has 1 aromatic carbocycles. The third-order valence-electron chi connectivity index (χ3n) is 3.10. The van der Waals surface area contributed by atoms with Crippen molar-refractivity contribution in [2.75, 3.05) is 19.8 Å². The van der Waals surface area contributed by atoms with Crippen LogP contribution in [0.5, 0.6) is 5.75 Å². The number of aromatic hydroxyl groups is 1. The van der Waals surface area contributed by atoms with Crippen LogP contribution in [-0.4, -0.2) is 54.8 Å². The molecule has 0 aliphatic carbocycles. The molecule has 1 heterocycles. The van der Waals surface area contributed by atoms with E-state index in [4.69, 9.17) is 9.84 Å². The first kappa shape index (κ1) is 14.3. The molecule has 1 fully saturated rings. The van der Waals surface area contributed by atoms with Crippen LogP contribution in [0.2, 0.25) is 0 Å². The Morgan fingerprint density at radius 3 is 2.58 bits per heavy atom. The van der Waals surface area contributed by atoms with Crippen molar-refractivity contribution in [2.45, 2.75) is 24.0 Å². The van der Waals surface area contributed by atoms with E-state index in [1.54, 1.807) is 6.92 Å². The minimum absolute atomic E-state index is 0.0159. The normalized spacial score (nSPS) is 25.4. The van der Waals surface area contributed by atoms with Gasteiger partial charge in [0.1, 0.15) is 5.75 Å². The summed E-state index contributed by atoms with van der Waals surface area (Å²) in [6.07, 6.45) is -0.497. The molecule has 1 saturated heterocycles. The van der Waals surface area contributed by atoms with E-state index in [2.05, 4.69) is 0 Å².